The monoisotopic (exact) mass is 351 g/mol. The molecule has 3 aromatic rings. The molecule has 2 N–H and O–H groups in total. The minimum absolute atomic E-state index is 0.131. The molecule has 1 amide bonds. The normalized spacial score (nSPS) is 15.3. The third-order valence-corrected chi connectivity index (χ3v) is 4.94. The van der Waals surface area contributed by atoms with Crippen LogP contribution >= 0.6 is 0 Å². The summed E-state index contributed by atoms with van der Waals surface area (Å²) in [5, 5.41) is 7.85. The first-order chi connectivity index (χ1) is 12.6. The van der Waals surface area contributed by atoms with Gasteiger partial charge in [0.05, 0.1) is 11.1 Å². The van der Waals surface area contributed by atoms with Gasteiger partial charge in [0, 0.05) is 18.4 Å². The maximum atomic E-state index is 12.9. The van der Waals surface area contributed by atoms with Gasteiger partial charge in [-0.2, -0.15) is 9.78 Å². The lowest BCUT2D eigenvalue weighted by atomic mass is 9.95. The van der Waals surface area contributed by atoms with Crippen LogP contribution in [-0.2, 0) is 0 Å². The molecule has 3 aromatic heterocycles. The third-order valence-electron chi connectivity index (χ3n) is 4.94. The van der Waals surface area contributed by atoms with Crippen molar-refractivity contribution in [1.29, 1.82) is 0 Å². The van der Waals surface area contributed by atoms with E-state index in [1.54, 1.807) is 17.8 Å². The van der Waals surface area contributed by atoms with Gasteiger partial charge in [0.15, 0.2) is 5.82 Å². The van der Waals surface area contributed by atoms with Gasteiger partial charge in [-0.1, -0.05) is 25.3 Å². The molecule has 0 aliphatic heterocycles. The number of hydrogen-bond donors (Lipinski definition) is 2. The zero-order chi connectivity index (χ0) is 18.1. The molecular formula is C19H21N5O2. The Morgan fingerprint density at radius 3 is 2.81 bits per heavy atom. The van der Waals surface area contributed by atoms with Crippen molar-refractivity contribution >= 4 is 16.9 Å². The number of rotatable bonds is 3. The van der Waals surface area contributed by atoms with Gasteiger partial charge in [-0.05, 0) is 31.9 Å². The molecule has 0 aromatic carbocycles. The fourth-order valence-corrected chi connectivity index (χ4v) is 3.60. The Morgan fingerprint density at radius 2 is 2.08 bits per heavy atom. The fraction of sp³-hybridized carbons (Fsp3) is 0.368. The first-order valence-corrected chi connectivity index (χ1v) is 8.98. The van der Waals surface area contributed by atoms with Crippen LogP contribution in [0.3, 0.4) is 0 Å². The number of aryl methyl sites for hydroxylation is 1. The molecule has 134 valence electrons. The number of H-pyrrole nitrogens is 1. The van der Waals surface area contributed by atoms with Crippen LogP contribution in [0.5, 0.6) is 0 Å². The molecule has 1 aliphatic carbocycles. The number of carbonyl (C=O) groups is 1. The lowest BCUT2D eigenvalue weighted by Gasteiger charge is -2.22. The SMILES string of the molecule is Cc1nn(-c2ccccn2)c2[nH]cc(C(=O)NC3CCCCC3)c(=O)c12. The van der Waals surface area contributed by atoms with Crippen molar-refractivity contribution in [2.75, 3.05) is 0 Å². The number of nitrogens with one attached hydrogen (secondary N) is 2. The van der Waals surface area contributed by atoms with Crippen LogP contribution in [-0.4, -0.2) is 31.7 Å². The summed E-state index contributed by atoms with van der Waals surface area (Å²) in [6.45, 7) is 1.76. The summed E-state index contributed by atoms with van der Waals surface area (Å²) in [5.41, 5.74) is 0.943. The van der Waals surface area contributed by atoms with Gasteiger partial charge < -0.3 is 10.3 Å². The topological polar surface area (TPSA) is 92.7 Å². The Hall–Kier alpha value is -2.96. The summed E-state index contributed by atoms with van der Waals surface area (Å²) in [7, 11) is 0. The van der Waals surface area contributed by atoms with Crippen LogP contribution in [0.2, 0.25) is 0 Å². The number of amides is 1. The molecular weight excluding hydrogens is 330 g/mol. The van der Waals surface area contributed by atoms with Gasteiger partial charge in [-0.25, -0.2) is 4.98 Å². The van der Waals surface area contributed by atoms with Crippen molar-refractivity contribution in [3.05, 3.63) is 52.1 Å². The minimum Gasteiger partial charge on any atom is -0.349 e. The van der Waals surface area contributed by atoms with Crippen molar-refractivity contribution in [1.82, 2.24) is 25.1 Å². The first-order valence-electron chi connectivity index (χ1n) is 8.98. The molecule has 0 spiro atoms. The van der Waals surface area contributed by atoms with Gasteiger partial charge in [0.1, 0.15) is 11.2 Å². The van der Waals surface area contributed by atoms with E-state index < -0.39 is 0 Å². The minimum atomic E-state index is -0.315. The van der Waals surface area contributed by atoms with Gasteiger partial charge in [0.2, 0.25) is 5.43 Å². The Morgan fingerprint density at radius 1 is 1.27 bits per heavy atom. The Bertz CT molecular complexity index is 1000. The lowest BCUT2D eigenvalue weighted by molar-refractivity contribution is 0.0926. The molecule has 3 heterocycles. The molecule has 7 nitrogen and oxygen atoms in total. The predicted molar refractivity (Wildman–Crippen MR) is 98.6 cm³/mol. The number of pyridine rings is 2. The van der Waals surface area contributed by atoms with E-state index in [4.69, 9.17) is 0 Å². The maximum absolute atomic E-state index is 12.9. The van der Waals surface area contributed by atoms with Crippen LogP contribution in [0.25, 0.3) is 16.9 Å². The van der Waals surface area contributed by atoms with E-state index in [2.05, 4.69) is 20.4 Å². The highest BCUT2D eigenvalue weighted by Crippen LogP contribution is 2.19. The van der Waals surface area contributed by atoms with Crippen LogP contribution in [0.4, 0.5) is 0 Å². The zero-order valence-corrected chi connectivity index (χ0v) is 14.7. The molecule has 26 heavy (non-hydrogen) atoms. The molecule has 0 bridgehead atoms. The Labute approximate surface area is 150 Å². The number of hydrogen-bond acceptors (Lipinski definition) is 4. The molecule has 1 saturated carbocycles. The maximum Gasteiger partial charge on any atom is 0.256 e. The summed E-state index contributed by atoms with van der Waals surface area (Å²) < 4.78 is 1.59. The van der Waals surface area contributed by atoms with Gasteiger partial charge in [-0.3, -0.25) is 9.59 Å². The molecule has 1 fully saturated rings. The number of aromatic nitrogens is 4. The van der Waals surface area contributed by atoms with E-state index in [0.29, 0.717) is 22.5 Å². The molecule has 0 radical (unpaired) electrons. The second kappa shape index (κ2) is 6.74. The largest absolute Gasteiger partial charge is 0.349 e. The van der Waals surface area contributed by atoms with Crippen LogP contribution < -0.4 is 10.7 Å². The third kappa shape index (κ3) is 2.89. The molecule has 0 atom stereocenters. The second-order valence-electron chi connectivity index (χ2n) is 6.75. The van der Waals surface area contributed by atoms with Gasteiger partial charge >= 0.3 is 0 Å². The molecule has 7 heteroatoms. The summed E-state index contributed by atoms with van der Waals surface area (Å²) in [6, 6.07) is 5.64. The predicted octanol–water partition coefficient (Wildman–Crippen LogP) is 2.48. The smallest absolute Gasteiger partial charge is 0.256 e. The molecule has 1 aliphatic rings. The van der Waals surface area contributed by atoms with Crippen LogP contribution in [0.1, 0.15) is 48.2 Å². The van der Waals surface area contributed by atoms with E-state index in [0.717, 1.165) is 25.7 Å². The van der Waals surface area contributed by atoms with Gasteiger partial charge in [0.25, 0.3) is 5.91 Å². The highest BCUT2D eigenvalue weighted by molar-refractivity contribution is 5.97. The zero-order valence-electron chi connectivity index (χ0n) is 14.7. The number of nitrogens with zero attached hydrogens (tertiary/aromatic N) is 3. The van der Waals surface area contributed by atoms with Crippen molar-refractivity contribution < 1.29 is 4.79 Å². The number of carbonyl (C=O) groups excluding carboxylic acids is 1. The Kier molecular flexibility index (Phi) is 4.28. The Balaban J connectivity index is 1.72. The summed E-state index contributed by atoms with van der Waals surface area (Å²) >= 11 is 0. The lowest BCUT2D eigenvalue weighted by Crippen LogP contribution is -2.38. The standard InChI is InChI=1S/C19H21N5O2/c1-12-16-17(25)14(19(26)22-13-7-3-2-4-8-13)11-21-18(16)24(23-12)15-9-5-6-10-20-15/h5-6,9-11,13H,2-4,7-8H2,1H3,(H,21,25)(H,22,26). The van der Waals surface area contributed by atoms with E-state index in [1.165, 1.54) is 12.6 Å². The van der Waals surface area contributed by atoms with Crippen molar-refractivity contribution in [2.24, 2.45) is 0 Å². The highest BCUT2D eigenvalue weighted by Gasteiger charge is 2.22. The summed E-state index contributed by atoms with van der Waals surface area (Å²) in [4.78, 5) is 32.9. The van der Waals surface area contributed by atoms with E-state index in [1.807, 2.05) is 18.2 Å². The summed E-state index contributed by atoms with van der Waals surface area (Å²) in [5.74, 6) is 0.297. The second-order valence-corrected chi connectivity index (χ2v) is 6.75. The molecule has 0 saturated heterocycles. The number of aromatic amines is 1. The van der Waals surface area contributed by atoms with E-state index >= 15 is 0 Å². The number of fused-ring (bicyclic) bond motifs is 1. The average molecular weight is 351 g/mol. The van der Waals surface area contributed by atoms with Crippen LogP contribution in [0.15, 0.2) is 35.4 Å². The van der Waals surface area contributed by atoms with Crippen molar-refractivity contribution in [3.63, 3.8) is 0 Å². The first kappa shape index (κ1) is 16.5. The van der Waals surface area contributed by atoms with E-state index in [9.17, 15) is 9.59 Å². The average Bonchev–Trinajstić information content (AvgIpc) is 3.01. The molecule has 4 rings (SSSR count). The highest BCUT2D eigenvalue weighted by atomic mass is 16.2. The van der Waals surface area contributed by atoms with Crippen LogP contribution in [0, 0.1) is 6.92 Å². The quantitative estimate of drug-likeness (QED) is 0.758. The van der Waals surface area contributed by atoms with Gasteiger partial charge in [-0.15, -0.1) is 0 Å². The molecule has 0 unspecified atom stereocenters. The van der Waals surface area contributed by atoms with Crippen molar-refractivity contribution in [2.45, 2.75) is 45.1 Å². The fourth-order valence-electron chi connectivity index (χ4n) is 3.60. The summed E-state index contributed by atoms with van der Waals surface area (Å²) in [6.07, 6.45) is 8.55. The van der Waals surface area contributed by atoms with E-state index in [-0.39, 0.29) is 22.9 Å². The van der Waals surface area contributed by atoms with Crippen molar-refractivity contribution in [3.8, 4) is 5.82 Å².